The monoisotopic (exact) mass is 225 g/mol. The summed E-state index contributed by atoms with van der Waals surface area (Å²) in [6.07, 6.45) is 3.70. The number of rotatable bonds is 3. The van der Waals surface area contributed by atoms with E-state index in [-0.39, 0.29) is 6.04 Å². The standard InChI is InChI=1S/C13H17F2N/c1-2-6-16-13-5-3-4-10-11(13)7-9(14)8-12(10)15/h7-8,13,16H,2-6H2,1H3. The lowest BCUT2D eigenvalue weighted by Crippen LogP contribution is -2.26. The van der Waals surface area contributed by atoms with E-state index in [1.54, 1.807) is 0 Å². The van der Waals surface area contributed by atoms with Gasteiger partial charge in [0.05, 0.1) is 0 Å². The molecule has 1 nitrogen and oxygen atoms in total. The van der Waals surface area contributed by atoms with Gasteiger partial charge in [-0.3, -0.25) is 0 Å². The fraction of sp³-hybridized carbons (Fsp3) is 0.538. The van der Waals surface area contributed by atoms with E-state index in [0.717, 1.165) is 43.9 Å². The molecule has 1 unspecified atom stereocenters. The molecule has 1 atom stereocenters. The van der Waals surface area contributed by atoms with Crippen LogP contribution in [0.4, 0.5) is 8.78 Å². The molecule has 0 bridgehead atoms. The third-order valence-electron chi connectivity index (χ3n) is 3.13. The van der Waals surface area contributed by atoms with Crippen LogP contribution in [0.15, 0.2) is 12.1 Å². The minimum atomic E-state index is -0.471. The van der Waals surface area contributed by atoms with Gasteiger partial charge in [0.25, 0.3) is 0 Å². The Morgan fingerprint density at radius 3 is 2.94 bits per heavy atom. The molecule has 1 N–H and O–H groups in total. The Morgan fingerprint density at radius 1 is 1.38 bits per heavy atom. The molecule has 0 aromatic heterocycles. The second-order valence-electron chi connectivity index (χ2n) is 4.35. The summed E-state index contributed by atoms with van der Waals surface area (Å²) in [6, 6.07) is 2.58. The molecule has 0 radical (unpaired) electrons. The summed E-state index contributed by atoms with van der Waals surface area (Å²) in [6.45, 7) is 2.98. The van der Waals surface area contributed by atoms with Gasteiger partial charge in [0.2, 0.25) is 0 Å². The van der Waals surface area contributed by atoms with E-state index < -0.39 is 11.6 Å². The molecule has 16 heavy (non-hydrogen) atoms. The van der Waals surface area contributed by atoms with Gasteiger partial charge in [0.1, 0.15) is 11.6 Å². The molecule has 3 heteroatoms. The molecule has 0 fully saturated rings. The second-order valence-corrected chi connectivity index (χ2v) is 4.35. The number of benzene rings is 1. The van der Waals surface area contributed by atoms with Gasteiger partial charge in [-0.25, -0.2) is 8.78 Å². The first kappa shape index (κ1) is 11.5. The van der Waals surface area contributed by atoms with Crippen molar-refractivity contribution in [2.45, 2.75) is 38.6 Å². The van der Waals surface area contributed by atoms with E-state index in [4.69, 9.17) is 0 Å². The minimum absolute atomic E-state index is 0.119. The minimum Gasteiger partial charge on any atom is -0.310 e. The molecule has 0 spiro atoms. The topological polar surface area (TPSA) is 12.0 Å². The Kier molecular flexibility index (Phi) is 3.54. The summed E-state index contributed by atoms with van der Waals surface area (Å²) in [7, 11) is 0. The van der Waals surface area contributed by atoms with Crippen LogP contribution in [0.5, 0.6) is 0 Å². The third-order valence-corrected chi connectivity index (χ3v) is 3.13. The Balaban J connectivity index is 2.30. The highest BCUT2D eigenvalue weighted by Crippen LogP contribution is 2.31. The van der Waals surface area contributed by atoms with Crippen LogP contribution >= 0.6 is 0 Å². The number of halogens is 2. The van der Waals surface area contributed by atoms with Crippen LogP contribution in [0.2, 0.25) is 0 Å². The van der Waals surface area contributed by atoms with Crippen molar-refractivity contribution >= 4 is 0 Å². The molecule has 1 aliphatic carbocycles. The molecule has 0 heterocycles. The van der Waals surface area contributed by atoms with Crippen LogP contribution in [0.1, 0.15) is 43.4 Å². The second kappa shape index (κ2) is 4.91. The number of hydrogen-bond donors (Lipinski definition) is 1. The Hall–Kier alpha value is -0.960. The maximum Gasteiger partial charge on any atom is 0.129 e. The van der Waals surface area contributed by atoms with Crippen molar-refractivity contribution in [3.8, 4) is 0 Å². The molecular formula is C13H17F2N. The van der Waals surface area contributed by atoms with Gasteiger partial charge in [0.15, 0.2) is 0 Å². The van der Waals surface area contributed by atoms with Crippen molar-refractivity contribution in [1.29, 1.82) is 0 Å². The summed E-state index contributed by atoms with van der Waals surface area (Å²) in [4.78, 5) is 0. The van der Waals surface area contributed by atoms with Crippen LogP contribution in [0.25, 0.3) is 0 Å². The predicted molar refractivity (Wildman–Crippen MR) is 60.3 cm³/mol. The average molecular weight is 225 g/mol. The van der Waals surface area contributed by atoms with E-state index in [9.17, 15) is 8.78 Å². The fourth-order valence-corrected chi connectivity index (χ4v) is 2.37. The summed E-state index contributed by atoms with van der Waals surface area (Å²) in [5.41, 5.74) is 1.51. The quantitative estimate of drug-likeness (QED) is 0.832. The van der Waals surface area contributed by atoms with Gasteiger partial charge < -0.3 is 5.32 Å². The lowest BCUT2D eigenvalue weighted by molar-refractivity contribution is 0.443. The van der Waals surface area contributed by atoms with Crippen molar-refractivity contribution < 1.29 is 8.78 Å². The van der Waals surface area contributed by atoms with E-state index in [1.165, 1.54) is 6.07 Å². The molecule has 0 saturated carbocycles. The number of nitrogens with one attached hydrogen (secondary N) is 1. The SMILES string of the molecule is CCCNC1CCCc2c(F)cc(F)cc21. The zero-order valence-electron chi connectivity index (χ0n) is 9.52. The highest BCUT2D eigenvalue weighted by atomic mass is 19.1. The number of hydrogen-bond acceptors (Lipinski definition) is 1. The highest BCUT2D eigenvalue weighted by molar-refractivity contribution is 5.34. The smallest absolute Gasteiger partial charge is 0.129 e. The van der Waals surface area contributed by atoms with Crippen molar-refractivity contribution in [2.24, 2.45) is 0 Å². The van der Waals surface area contributed by atoms with Gasteiger partial charge in [-0.15, -0.1) is 0 Å². The normalized spacial score (nSPS) is 19.6. The van der Waals surface area contributed by atoms with Gasteiger partial charge in [-0.2, -0.15) is 0 Å². The van der Waals surface area contributed by atoms with Gasteiger partial charge in [-0.05, 0) is 49.4 Å². The zero-order chi connectivity index (χ0) is 11.5. The summed E-state index contributed by atoms with van der Waals surface area (Å²) in [5.74, 6) is -0.862. The molecule has 88 valence electrons. The van der Waals surface area contributed by atoms with Gasteiger partial charge >= 0.3 is 0 Å². The molecule has 0 aliphatic heterocycles. The Labute approximate surface area is 94.9 Å². The van der Waals surface area contributed by atoms with E-state index in [2.05, 4.69) is 12.2 Å². The molecule has 0 amide bonds. The fourth-order valence-electron chi connectivity index (χ4n) is 2.37. The summed E-state index contributed by atoms with van der Waals surface area (Å²) < 4.78 is 26.7. The maximum absolute atomic E-state index is 13.6. The van der Waals surface area contributed by atoms with Crippen LogP contribution < -0.4 is 5.32 Å². The first-order valence-corrected chi connectivity index (χ1v) is 5.93. The van der Waals surface area contributed by atoms with Gasteiger partial charge in [0, 0.05) is 12.1 Å². The Bertz CT molecular complexity index is 376. The van der Waals surface area contributed by atoms with Crippen LogP contribution in [0, 0.1) is 11.6 Å². The van der Waals surface area contributed by atoms with Crippen LogP contribution in [0.3, 0.4) is 0 Å². The van der Waals surface area contributed by atoms with Crippen molar-refractivity contribution in [3.05, 3.63) is 34.9 Å². The Morgan fingerprint density at radius 2 is 2.19 bits per heavy atom. The molecule has 1 aliphatic rings. The zero-order valence-corrected chi connectivity index (χ0v) is 9.52. The van der Waals surface area contributed by atoms with E-state index >= 15 is 0 Å². The van der Waals surface area contributed by atoms with E-state index in [1.807, 2.05) is 0 Å². The third kappa shape index (κ3) is 2.24. The first-order valence-electron chi connectivity index (χ1n) is 5.93. The highest BCUT2D eigenvalue weighted by Gasteiger charge is 2.22. The summed E-state index contributed by atoms with van der Waals surface area (Å²) >= 11 is 0. The van der Waals surface area contributed by atoms with Crippen molar-refractivity contribution in [3.63, 3.8) is 0 Å². The van der Waals surface area contributed by atoms with E-state index in [0.29, 0.717) is 5.56 Å². The lowest BCUT2D eigenvalue weighted by Gasteiger charge is -2.26. The largest absolute Gasteiger partial charge is 0.310 e. The molecule has 2 rings (SSSR count). The first-order chi connectivity index (χ1) is 7.72. The van der Waals surface area contributed by atoms with Crippen molar-refractivity contribution in [2.75, 3.05) is 6.54 Å². The maximum atomic E-state index is 13.6. The van der Waals surface area contributed by atoms with Crippen LogP contribution in [-0.2, 0) is 6.42 Å². The van der Waals surface area contributed by atoms with Crippen molar-refractivity contribution in [1.82, 2.24) is 5.32 Å². The predicted octanol–water partition coefficient (Wildman–Crippen LogP) is 3.34. The van der Waals surface area contributed by atoms with Gasteiger partial charge in [-0.1, -0.05) is 6.92 Å². The lowest BCUT2D eigenvalue weighted by atomic mass is 9.87. The molecular weight excluding hydrogens is 208 g/mol. The average Bonchev–Trinajstić information content (AvgIpc) is 2.26. The molecule has 0 saturated heterocycles. The molecule has 1 aromatic carbocycles. The van der Waals surface area contributed by atoms with Crippen LogP contribution in [-0.4, -0.2) is 6.54 Å². The summed E-state index contributed by atoms with van der Waals surface area (Å²) in [5, 5.41) is 3.35. The molecule has 1 aromatic rings. The number of fused-ring (bicyclic) bond motifs is 1.